The lowest BCUT2D eigenvalue weighted by molar-refractivity contribution is -0.185. The van der Waals surface area contributed by atoms with Crippen LogP contribution in [0.15, 0.2) is 54.6 Å². The van der Waals surface area contributed by atoms with E-state index in [0.29, 0.717) is 18.5 Å². The summed E-state index contributed by atoms with van der Waals surface area (Å²) in [5.41, 5.74) is 2.66. The maximum Gasteiger partial charge on any atom is 0.391 e. The lowest BCUT2D eigenvalue weighted by Gasteiger charge is -2.29. The van der Waals surface area contributed by atoms with Gasteiger partial charge in [0.25, 0.3) is 0 Å². The lowest BCUT2D eigenvalue weighted by atomic mass is 9.80. The smallest absolute Gasteiger partial charge is 0.379 e. The Labute approximate surface area is 163 Å². The molecule has 1 aliphatic carbocycles. The van der Waals surface area contributed by atoms with Gasteiger partial charge in [0.15, 0.2) is 0 Å². The Balaban J connectivity index is 1.56. The summed E-state index contributed by atoms with van der Waals surface area (Å²) in [6.07, 6.45) is -3.28. The van der Waals surface area contributed by atoms with Crippen molar-refractivity contribution in [2.24, 2.45) is 11.8 Å². The van der Waals surface area contributed by atoms with Crippen molar-refractivity contribution in [2.45, 2.75) is 44.8 Å². The number of anilines is 2. The number of amides is 1. The minimum atomic E-state index is -4.22. The number of hydrogen-bond acceptors (Lipinski definition) is 2. The van der Waals surface area contributed by atoms with E-state index in [-0.39, 0.29) is 24.8 Å². The fourth-order valence-electron chi connectivity index (χ4n) is 3.69. The Morgan fingerprint density at radius 3 is 2.29 bits per heavy atom. The molecule has 0 saturated heterocycles. The SMILES string of the molecule is CC(Nc1ccc(NC(=O)C2CCCC(C(F)(F)F)C2)cc1)c1ccccc1. The van der Waals surface area contributed by atoms with Gasteiger partial charge in [-0.3, -0.25) is 4.79 Å². The maximum atomic E-state index is 12.9. The fourth-order valence-corrected chi connectivity index (χ4v) is 3.69. The van der Waals surface area contributed by atoms with Gasteiger partial charge in [-0.15, -0.1) is 0 Å². The van der Waals surface area contributed by atoms with Crippen LogP contribution in [0.25, 0.3) is 0 Å². The van der Waals surface area contributed by atoms with Crippen LogP contribution in [-0.4, -0.2) is 12.1 Å². The molecule has 28 heavy (non-hydrogen) atoms. The van der Waals surface area contributed by atoms with Crippen LogP contribution in [0.5, 0.6) is 0 Å². The number of rotatable bonds is 5. The summed E-state index contributed by atoms with van der Waals surface area (Å²) in [5, 5.41) is 6.15. The van der Waals surface area contributed by atoms with Crippen molar-refractivity contribution >= 4 is 17.3 Å². The highest BCUT2D eigenvalue weighted by molar-refractivity contribution is 5.92. The van der Waals surface area contributed by atoms with Gasteiger partial charge in [-0.2, -0.15) is 13.2 Å². The van der Waals surface area contributed by atoms with Gasteiger partial charge in [0.2, 0.25) is 5.91 Å². The van der Waals surface area contributed by atoms with Crippen LogP contribution in [0, 0.1) is 11.8 Å². The van der Waals surface area contributed by atoms with Gasteiger partial charge in [0.1, 0.15) is 0 Å². The Bertz CT molecular complexity index is 775. The van der Waals surface area contributed by atoms with Gasteiger partial charge < -0.3 is 10.6 Å². The molecular formula is C22H25F3N2O. The van der Waals surface area contributed by atoms with E-state index in [4.69, 9.17) is 0 Å². The molecule has 1 fully saturated rings. The van der Waals surface area contributed by atoms with Gasteiger partial charge in [-0.25, -0.2) is 0 Å². The molecular weight excluding hydrogens is 365 g/mol. The average molecular weight is 390 g/mol. The summed E-state index contributed by atoms with van der Waals surface area (Å²) < 4.78 is 38.8. The molecule has 3 nitrogen and oxygen atoms in total. The van der Waals surface area contributed by atoms with Crippen molar-refractivity contribution in [1.29, 1.82) is 0 Å². The molecule has 0 radical (unpaired) electrons. The van der Waals surface area contributed by atoms with Gasteiger partial charge in [0.05, 0.1) is 5.92 Å². The molecule has 0 spiro atoms. The predicted octanol–water partition coefficient (Wildman–Crippen LogP) is 6.17. The first-order valence-corrected chi connectivity index (χ1v) is 9.62. The highest BCUT2D eigenvalue weighted by atomic mass is 19.4. The maximum absolute atomic E-state index is 12.9. The fraction of sp³-hybridized carbons (Fsp3) is 0.409. The molecule has 150 valence electrons. The molecule has 3 atom stereocenters. The van der Waals surface area contributed by atoms with Crippen molar-refractivity contribution in [3.05, 3.63) is 60.2 Å². The zero-order valence-corrected chi connectivity index (χ0v) is 15.8. The summed E-state index contributed by atoms with van der Waals surface area (Å²) in [5.74, 6) is -2.29. The van der Waals surface area contributed by atoms with Crippen molar-refractivity contribution in [3.8, 4) is 0 Å². The highest BCUT2D eigenvalue weighted by Gasteiger charge is 2.43. The number of halogens is 3. The molecule has 1 saturated carbocycles. The van der Waals surface area contributed by atoms with E-state index in [1.807, 2.05) is 42.5 Å². The first-order chi connectivity index (χ1) is 13.3. The molecule has 1 aliphatic rings. The molecule has 2 aromatic rings. The van der Waals surface area contributed by atoms with Gasteiger partial charge in [-0.05, 0) is 56.0 Å². The van der Waals surface area contributed by atoms with Gasteiger partial charge >= 0.3 is 6.18 Å². The quantitative estimate of drug-likeness (QED) is 0.641. The number of hydrogen-bond donors (Lipinski definition) is 2. The molecule has 3 rings (SSSR count). The third kappa shape index (κ3) is 5.27. The topological polar surface area (TPSA) is 41.1 Å². The van der Waals surface area contributed by atoms with E-state index in [1.54, 1.807) is 12.1 Å². The van der Waals surface area contributed by atoms with E-state index in [9.17, 15) is 18.0 Å². The number of benzene rings is 2. The van der Waals surface area contributed by atoms with E-state index < -0.39 is 18.0 Å². The van der Waals surface area contributed by atoms with E-state index in [0.717, 1.165) is 11.3 Å². The van der Waals surface area contributed by atoms with Crippen LogP contribution in [0.1, 0.15) is 44.2 Å². The molecule has 3 unspecified atom stereocenters. The molecule has 0 aliphatic heterocycles. The van der Waals surface area contributed by atoms with Crippen LogP contribution < -0.4 is 10.6 Å². The number of alkyl halides is 3. The Morgan fingerprint density at radius 1 is 1.00 bits per heavy atom. The third-order valence-electron chi connectivity index (χ3n) is 5.34. The van der Waals surface area contributed by atoms with Crippen LogP contribution in [0.4, 0.5) is 24.5 Å². The van der Waals surface area contributed by atoms with Gasteiger partial charge in [-0.1, -0.05) is 36.8 Å². The Hall–Kier alpha value is -2.50. The van der Waals surface area contributed by atoms with Crippen LogP contribution in [-0.2, 0) is 4.79 Å². The Morgan fingerprint density at radius 2 is 1.64 bits per heavy atom. The average Bonchev–Trinajstić information content (AvgIpc) is 2.69. The second-order valence-electron chi connectivity index (χ2n) is 7.45. The van der Waals surface area contributed by atoms with E-state index in [2.05, 4.69) is 17.6 Å². The summed E-state index contributed by atoms with van der Waals surface area (Å²) in [6, 6.07) is 17.4. The van der Waals surface area contributed by atoms with Gasteiger partial charge in [0, 0.05) is 23.3 Å². The molecule has 0 bridgehead atoms. The number of carbonyl (C=O) groups excluding carboxylic acids is 1. The van der Waals surface area contributed by atoms with Crippen LogP contribution in [0.3, 0.4) is 0 Å². The summed E-state index contributed by atoms with van der Waals surface area (Å²) in [6.45, 7) is 2.06. The normalized spacial score (nSPS) is 21.0. The van der Waals surface area contributed by atoms with Crippen molar-refractivity contribution in [2.75, 3.05) is 10.6 Å². The molecule has 2 N–H and O–H groups in total. The lowest BCUT2D eigenvalue weighted by Crippen LogP contribution is -2.34. The van der Waals surface area contributed by atoms with Crippen molar-refractivity contribution in [1.82, 2.24) is 0 Å². The first-order valence-electron chi connectivity index (χ1n) is 9.62. The molecule has 0 aromatic heterocycles. The number of carbonyl (C=O) groups is 1. The molecule has 1 amide bonds. The monoisotopic (exact) mass is 390 g/mol. The minimum Gasteiger partial charge on any atom is -0.379 e. The summed E-state index contributed by atoms with van der Waals surface area (Å²) in [4.78, 5) is 12.4. The van der Waals surface area contributed by atoms with Crippen LogP contribution >= 0.6 is 0 Å². The zero-order valence-electron chi connectivity index (χ0n) is 15.8. The summed E-state index contributed by atoms with van der Waals surface area (Å²) in [7, 11) is 0. The summed E-state index contributed by atoms with van der Waals surface area (Å²) >= 11 is 0. The minimum absolute atomic E-state index is 0.118. The highest BCUT2D eigenvalue weighted by Crippen LogP contribution is 2.40. The van der Waals surface area contributed by atoms with E-state index >= 15 is 0 Å². The zero-order chi connectivity index (χ0) is 20.1. The molecule has 6 heteroatoms. The van der Waals surface area contributed by atoms with E-state index in [1.165, 1.54) is 0 Å². The standard InChI is InChI=1S/C22H25F3N2O/c1-15(16-6-3-2-4-7-16)26-19-10-12-20(13-11-19)27-21(28)17-8-5-9-18(14-17)22(23,24)25/h2-4,6-7,10-13,15,17-18,26H,5,8-9,14H2,1H3,(H,27,28). The first kappa shape index (κ1) is 20.2. The predicted molar refractivity (Wildman–Crippen MR) is 105 cm³/mol. The van der Waals surface area contributed by atoms with Crippen molar-refractivity contribution < 1.29 is 18.0 Å². The second kappa shape index (κ2) is 8.67. The number of nitrogens with one attached hydrogen (secondary N) is 2. The second-order valence-corrected chi connectivity index (χ2v) is 7.45. The van der Waals surface area contributed by atoms with Crippen molar-refractivity contribution in [3.63, 3.8) is 0 Å². The van der Waals surface area contributed by atoms with Crippen LogP contribution in [0.2, 0.25) is 0 Å². The Kier molecular flexibility index (Phi) is 6.27. The molecule has 0 heterocycles. The third-order valence-corrected chi connectivity index (χ3v) is 5.34. The largest absolute Gasteiger partial charge is 0.391 e. The molecule has 2 aromatic carbocycles.